The van der Waals surface area contributed by atoms with Gasteiger partial charge in [0.2, 0.25) is 0 Å². The molecule has 0 unspecified atom stereocenters. The first kappa shape index (κ1) is 21.5. The molecule has 2 aliphatic heterocycles. The second-order valence-electron chi connectivity index (χ2n) is 7.35. The summed E-state index contributed by atoms with van der Waals surface area (Å²) >= 11 is 5.95. The molecule has 0 N–H and O–H groups in total. The highest BCUT2D eigenvalue weighted by Crippen LogP contribution is 2.44. The largest absolute Gasteiger partial charge is 0.301 e. The molecule has 2 aliphatic rings. The third-order valence-corrected chi connectivity index (χ3v) is 5.92. The summed E-state index contributed by atoms with van der Waals surface area (Å²) in [6, 6.07) is 9.43. The molecule has 0 saturated carbocycles. The lowest BCUT2D eigenvalue weighted by atomic mass is 9.88. The number of nitrogens with zero attached hydrogens (tertiary/aromatic N) is 4. The third kappa shape index (κ3) is 4.20. The molecular weight excluding hydrogens is 391 g/mol. The van der Waals surface area contributed by atoms with Crippen LogP contribution in [-0.4, -0.2) is 52.8 Å². The Hall–Kier alpha value is -0.780. The predicted molar refractivity (Wildman–Crippen MR) is 112 cm³/mol. The Balaban J connectivity index is 0.00000121. The monoisotopic (exact) mass is 416 g/mol. The lowest BCUT2D eigenvalue weighted by molar-refractivity contribution is 0.222. The average Bonchev–Trinajstić information content (AvgIpc) is 3.21. The molecule has 7 heteroatoms. The van der Waals surface area contributed by atoms with Crippen LogP contribution >= 0.6 is 36.4 Å². The second-order valence-corrected chi connectivity index (χ2v) is 7.78. The van der Waals surface area contributed by atoms with Crippen LogP contribution in [-0.2, 0) is 6.54 Å². The molecule has 3 heterocycles. The molecule has 4 rings (SSSR count). The molecule has 0 aliphatic carbocycles. The predicted octanol–water partition coefficient (Wildman–Crippen LogP) is 3.92. The Labute approximate surface area is 173 Å². The molecular formula is C19H27Cl3N4. The van der Waals surface area contributed by atoms with Crippen molar-refractivity contribution in [1.29, 1.82) is 0 Å². The molecule has 0 radical (unpaired) electrons. The van der Waals surface area contributed by atoms with E-state index >= 15 is 0 Å². The minimum absolute atomic E-state index is 0. The molecule has 144 valence electrons. The van der Waals surface area contributed by atoms with Crippen molar-refractivity contribution in [1.82, 2.24) is 19.6 Å². The van der Waals surface area contributed by atoms with Crippen molar-refractivity contribution < 1.29 is 0 Å². The molecule has 26 heavy (non-hydrogen) atoms. The molecule has 2 saturated heterocycles. The second kappa shape index (κ2) is 8.94. The lowest BCUT2D eigenvalue weighted by Gasteiger charge is -2.28. The van der Waals surface area contributed by atoms with Crippen molar-refractivity contribution in [2.45, 2.75) is 19.5 Å². The summed E-state index contributed by atoms with van der Waals surface area (Å²) in [7, 11) is 2.28. The molecule has 3 atom stereocenters. The van der Waals surface area contributed by atoms with Crippen molar-refractivity contribution in [2.75, 3.05) is 33.2 Å². The van der Waals surface area contributed by atoms with Gasteiger partial charge in [0.25, 0.3) is 0 Å². The maximum Gasteiger partial charge on any atom is 0.0785 e. The minimum Gasteiger partial charge on any atom is -0.301 e. The van der Waals surface area contributed by atoms with Crippen molar-refractivity contribution in [2.24, 2.45) is 11.8 Å². The van der Waals surface area contributed by atoms with Gasteiger partial charge in [-0.3, -0.25) is 9.58 Å². The Morgan fingerprint density at radius 2 is 1.88 bits per heavy atom. The summed E-state index contributed by atoms with van der Waals surface area (Å²) < 4.78 is 1.95. The van der Waals surface area contributed by atoms with Gasteiger partial charge in [0.15, 0.2) is 0 Å². The number of halogens is 3. The van der Waals surface area contributed by atoms with Gasteiger partial charge < -0.3 is 4.90 Å². The van der Waals surface area contributed by atoms with Crippen LogP contribution in [0.25, 0.3) is 0 Å². The van der Waals surface area contributed by atoms with Gasteiger partial charge >= 0.3 is 0 Å². The molecule has 1 aromatic heterocycles. The zero-order chi connectivity index (χ0) is 16.7. The van der Waals surface area contributed by atoms with Gasteiger partial charge in [0.1, 0.15) is 0 Å². The van der Waals surface area contributed by atoms with E-state index in [0.29, 0.717) is 6.04 Å². The van der Waals surface area contributed by atoms with Gasteiger partial charge in [0.05, 0.1) is 17.8 Å². The van der Waals surface area contributed by atoms with Gasteiger partial charge in [-0.25, -0.2) is 0 Å². The quantitative estimate of drug-likeness (QED) is 0.753. The van der Waals surface area contributed by atoms with Crippen LogP contribution in [0.3, 0.4) is 0 Å². The molecule has 0 amide bonds. The third-order valence-electron chi connectivity index (χ3n) is 5.72. The molecule has 4 nitrogen and oxygen atoms in total. The Morgan fingerprint density at radius 3 is 2.58 bits per heavy atom. The highest BCUT2D eigenvalue weighted by atomic mass is 35.5. The van der Waals surface area contributed by atoms with Crippen LogP contribution in [0.5, 0.6) is 0 Å². The number of aromatic nitrogens is 2. The maximum atomic E-state index is 5.95. The molecule has 2 aromatic rings. The van der Waals surface area contributed by atoms with E-state index in [1.165, 1.54) is 30.8 Å². The van der Waals surface area contributed by atoms with Crippen molar-refractivity contribution in [3.05, 3.63) is 52.8 Å². The fourth-order valence-corrected chi connectivity index (χ4v) is 4.78. The van der Waals surface area contributed by atoms with E-state index in [1.807, 2.05) is 10.9 Å². The summed E-state index contributed by atoms with van der Waals surface area (Å²) in [5.41, 5.74) is 2.92. The summed E-state index contributed by atoms with van der Waals surface area (Å²) in [4.78, 5) is 5.16. The minimum atomic E-state index is 0. The first-order chi connectivity index (χ1) is 11.6. The highest BCUT2D eigenvalue weighted by Gasteiger charge is 2.46. The van der Waals surface area contributed by atoms with E-state index in [1.54, 1.807) is 6.20 Å². The topological polar surface area (TPSA) is 24.3 Å². The Morgan fingerprint density at radius 1 is 1.12 bits per heavy atom. The SMILES string of the molecule is Cc1ccccc1[C@@H]1[C@@H]2CN(CCn3cc(Cl)cn3)C[C@@H]2CN1C.Cl.Cl. The summed E-state index contributed by atoms with van der Waals surface area (Å²) in [5.74, 6) is 1.51. The van der Waals surface area contributed by atoms with E-state index in [2.05, 4.69) is 53.1 Å². The number of aryl methyl sites for hydroxylation is 1. The van der Waals surface area contributed by atoms with Crippen LogP contribution in [0.15, 0.2) is 36.7 Å². The molecule has 0 spiro atoms. The zero-order valence-corrected chi connectivity index (χ0v) is 17.6. The summed E-state index contributed by atoms with van der Waals surface area (Å²) in [6.07, 6.45) is 3.62. The van der Waals surface area contributed by atoms with Crippen LogP contribution < -0.4 is 0 Å². The fourth-order valence-electron chi connectivity index (χ4n) is 4.62. The van der Waals surface area contributed by atoms with Crippen molar-refractivity contribution in [3.8, 4) is 0 Å². The van der Waals surface area contributed by atoms with E-state index in [0.717, 1.165) is 29.9 Å². The molecule has 1 aromatic carbocycles. The summed E-state index contributed by atoms with van der Waals surface area (Å²) in [5, 5.41) is 5.00. The number of likely N-dealkylation sites (tertiary alicyclic amines) is 2. The fraction of sp³-hybridized carbons (Fsp3) is 0.526. The van der Waals surface area contributed by atoms with E-state index in [-0.39, 0.29) is 24.8 Å². The van der Waals surface area contributed by atoms with Crippen molar-refractivity contribution >= 4 is 36.4 Å². The zero-order valence-electron chi connectivity index (χ0n) is 15.2. The molecule has 0 bridgehead atoms. The van der Waals surface area contributed by atoms with Crippen LogP contribution in [0, 0.1) is 18.8 Å². The standard InChI is InChI=1S/C19H25ClN4.2ClH/c1-14-5-3-4-6-17(14)19-18-13-23(11-15(18)10-22(19)2)7-8-24-12-16(20)9-21-24;;/h3-6,9,12,15,18-19H,7-8,10-11,13H2,1-2H3;2*1H/t15-,18+,19+;;/m0../s1. The normalized spacial score (nSPS) is 25.6. The van der Waals surface area contributed by atoms with E-state index in [4.69, 9.17) is 11.6 Å². The number of fused-ring (bicyclic) bond motifs is 1. The molecule has 2 fully saturated rings. The van der Waals surface area contributed by atoms with E-state index < -0.39 is 0 Å². The van der Waals surface area contributed by atoms with Gasteiger partial charge in [-0.1, -0.05) is 35.9 Å². The van der Waals surface area contributed by atoms with Crippen LogP contribution in [0.4, 0.5) is 0 Å². The van der Waals surface area contributed by atoms with Crippen LogP contribution in [0.1, 0.15) is 17.2 Å². The maximum absolute atomic E-state index is 5.95. The smallest absolute Gasteiger partial charge is 0.0785 e. The van der Waals surface area contributed by atoms with Crippen LogP contribution in [0.2, 0.25) is 5.02 Å². The van der Waals surface area contributed by atoms with Crippen molar-refractivity contribution in [3.63, 3.8) is 0 Å². The highest BCUT2D eigenvalue weighted by molar-refractivity contribution is 6.30. The average molecular weight is 418 g/mol. The van der Waals surface area contributed by atoms with Gasteiger partial charge in [-0.2, -0.15) is 5.10 Å². The number of hydrogen-bond acceptors (Lipinski definition) is 3. The number of rotatable bonds is 4. The Bertz CT molecular complexity index is 720. The van der Waals surface area contributed by atoms with Gasteiger partial charge in [-0.05, 0) is 36.9 Å². The first-order valence-corrected chi connectivity index (χ1v) is 9.15. The van der Waals surface area contributed by atoms with Gasteiger partial charge in [-0.15, -0.1) is 24.8 Å². The number of benzene rings is 1. The number of hydrogen-bond donors (Lipinski definition) is 0. The Kier molecular flexibility index (Phi) is 7.40. The van der Waals surface area contributed by atoms with E-state index in [9.17, 15) is 0 Å². The summed E-state index contributed by atoms with van der Waals surface area (Å²) in [6.45, 7) is 7.79. The first-order valence-electron chi connectivity index (χ1n) is 8.78. The van der Waals surface area contributed by atoms with Gasteiger partial charge in [0, 0.05) is 38.4 Å². The lowest BCUT2D eigenvalue weighted by Crippen LogP contribution is -2.31.